The van der Waals surface area contributed by atoms with E-state index in [1.165, 1.54) is 10.9 Å². The molecule has 3 nitrogen and oxygen atoms in total. The molecule has 0 N–H and O–H groups in total. The Morgan fingerprint density at radius 2 is 0.775 bits per heavy atom. The molecule has 0 aliphatic heterocycles. The maximum absolute atomic E-state index is 9.92. The summed E-state index contributed by atoms with van der Waals surface area (Å²) in [5, 5.41) is 4.18. The van der Waals surface area contributed by atoms with Gasteiger partial charge in [-0.3, -0.25) is 0 Å². The van der Waals surface area contributed by atoms with Crippen LogP contribution in [0.25, 0.3) is 71.6 Å². The number of hydrogen-bond donors (Lipinski definition) is 0. The maximum atomic E-state index is 9.92. The molecule has 14 aromatic rings. The van der Waals surface area contributed by atoms with Gasteiger partial charge in [-0.05, 0) is 169 Å². The zero-order valence-electron chi connectivity index (χ0n) is 47.6. The average molecular weight is 1020 g/mol. The number of aromatic nitrogens is 1. The summed E-state index contributed by atoms with van der Waals surface area (Å²) in [4.78, 5) is 4.20. The fourth-order valence-corrected chi connectivity index (χ4v) is 12.5. The Balaban J connectivity index is 0.842. The van der Waals surface area contributed by atoms with E-state index in [2.05, 4.69) is 240 Å². The topological polar surface area (TPSA) is 11.4 Å². The third-order valence-corrected chi connectivity index (χ3v) is 16.1. The van der Waals surface area contributed by atoms with Crippen molar-refractivity contribution in [2.75, 3.05) is 9.80 Å². The van der Waals surface area contributed by atoms with E-state index in [1.54, 1.807) is 0 Å². The van der Waals surface area contributed by atoms with Gasteiger partial charge in [-0.2, -0.15) is 0 Å². The quantitative estimate of drug-likeness (QED) is 0.128. The number of benzene rings is 13. The van der Waals surface area contributed by atoms with E-state index in [4.69, 9.17) is 0 Å². The van der Waals surface area contributed by atoms with E-state index in [1.807, 2.05) is 71.6 Å². The van der Waals surface area contributed by atoms with Crippen LogP contribution in [0.3, 0.4) is 0 Å². The lowest BCUT2D eigenvalue weighted by Crippen LogP contribution is -2.28. The van der Waals surface area contributed by atoms with Crippen LogP contribution in [0.1, 0.15) is 27.7 Å². The highest BCUT2D eigenvalue weighted by atomic mass is 15.1. The molecule has 1 aliphatic rings. The molecule has 15 rings (SSSR count). The molecule has 1 heterocycles. The van der Waals surface area contributed by atoms with Crippen LogP contribution in [-0.2, 0) is 5.41 Å². The molecular weight excluding hydrogens is 967 g/mol. The zero-order chi connectivity index (χ0) is 56.5. The third kappa shape index (κ3) is 7.82. The SMILES string of the molecule is [2H]c1c([2H])c(N(c2ccccc2)c2ccc3c(c2)C(c2ccccc2)(c2ccccc2)c2ccccc2-3)c([2H])c([2H])c1-c1ccc2cc(N(c3ccc(-c4ccccc4)cc3)c3ccc4c(c3)c3ccccc3n4-c3ccccc3)ccc2c1. The second-order valence-electron chi connectivity index (χ2n) is 20.5. The van der Waals surface area contributed by atoms with Crippen molar-refractivity contribution < 1.29 is 5.48 Å². The number of fused-ring (bicyclic) bond motifs is 7. The highest BCUT2D eigenvalue weighted by Crippen LogP contribution is 2.57. The van der Waals surface area contributed by atoms with Crippen LogP contribution < -0.4 is 9.80 Å². The van der Waals surface area contributed by atoms with E-state index in [0.29, 0.717) is 11.3 Å². The molecule has 1 aromatic heterocycles. The normalized spacial score (nSPS) is 13.1. The fraction of sp³-hybridized carbons (Fsp3) is 0.0130. The van der Waals surface area contributed by atoms with Crippen molar-refractivity contribution in [3.63, 3.8) is 0 Å². The van der Waals surface area contributed by atoms with Crippen molar-refractivity contribution in [1.29, 1.82) is 0 Å². The summed E-state index contributed by atoms with van der Waals surface area (Å²) in [7, 11) is 0. The number of anilines is 6. The Labute approximate surface area is 472 Å². The number of nitrogens with zero attached hydrogens (tertiary/aromatic N) is 3. The number of rotatable bonds is 11. The molecule has 1 aliphatic carbocycles. The summed E-state index contributed by atoms with van der Waals surface area (Å²) < 4.78 is 41.8. The lowest BCUT2D eigenvalue weighted by molar-refractivity contribution is 0.768. The van der Waals surface area contributed by atoms with Crippen molar-refractivity contribution in [3.8, 4) is 39.1 Å². The van der Waals surface area contributed by atoms with Crippen molar-refractivity contribution in [2.24, 2.45) is 0 Å². The van der Waals surface area contributed by atoms with Gasteiger partial charge in [0, 0.05) is 50.6 Å². The molecule has 0 unspecified atom stereocenters. The van der Waals surface area contributed by atoms with Gasteiger partial charge < -0.3 is 14.4 Å². The first-order valence-corrected chi connectivity index (χ1v) is 27.2. The first-order chi connectivity index (χ1) is 41.3. The van der Waals surface area contributed by atoms with Gasteiger partial charge in [-0.25, -0.2) is 0 Å². The molecule has 376 valence electrons. The zero-order valence-corrected chi connectivity index (χ0v) is 43.6. The molecule has 0 radical (unpaired) electrons. The minimum absolute atomic E-state index is 0.117. The van der Waals surface area contributed by atoms with Gasteiger partial charge in [-0.1, -0.05) is 218 Å². The van der Waals surface area contributed by atoms with Crippen molar-refractivity contribution in [2.45, 2.75) is 5.41 Å². The number of para-hydroxylation sites is 3. The van der Waals surface area contributed by atoms with E-state index in [0.717, 1.165) is 94.6 Å². The van der Waals surface area contributed by atoms with Crippen LogP contribution in [-0.4, -0.2) is 4.57 Å². The van der Waals surface area contributed by atoms with Crippen LogP contribution in [0.2, 0.25) is 0 Å². The summed E-state index contributed by atoms with van der Waals surface area (Å²) in [6.45, 7) is 0. The van der Waals surface area contributed by atoms with Gasteiger partial charge in [0.05, 0.1) is 21.9 Å². The molecule has 13 aromatic carbocycles. The first-order valence-electron chi connectivity index (χ1n) is 29.2. The van der Waals surface area contributed by atoms with Crippen LogP contribution in [0.15, 0.2) is 321 Å². The van der Waals surface area contributed by atoms with Gasteiger partial charge >= 0.3 is 0 Å². The third-order valence-electron chi connectivity index (χ3n) is 16.1. The van der Waals surface area contributed by atoms with Gasteiger partial charge in [-0.15, -0.1) is 0 Å². The highest BCUT2D eigenvalue weighted by molar-refractivity contribution is 6.11. The molecule has 0 fully saturated rings. The summed E-state index contributed by atoms with van der Waals surface area (Å²) in [5.74, 6) is 0. The Kier molecular flexibility index (Phi) is 10.4. The standard InChI is InChI=1S/C77H53N3/c1-6-20-54(21-7-1)55-36-41-65(42-37-55)79(67-47-49-76-72(52-67)71-31-17-19-33-75(71)80(76)63-28-14-5-15-29-63)66-45-40-58-50-57(34-35-59(58)51-66)56-38-43-64(44-39-56)78(62-26-12-4-13-27-62)68-46-48-70-69-30-16-18-32-73(69)77(74(70)53-68,60-22-8-2-9-23-60)61-24-10-3-11-25-61/h1-53H/i38D,39D,43D,44D. The molecule has 0 spiro atoms. The Morgan fingerprint density at radius 1 is 0.287 bits per heavy atom. The molecule has 0 bridgehead atoms. The Hall–Kier alpha value is -10.5. The Morgan fingerprint density at radius 3 is 1.51 bits per heavy atom. The molecular formula is C77H53N3. The minimum atomic E-state index is -0.686. The monoisotopic (exact) mass is 1020 g/mol. The van der Waals surface area contributed by atoms with Crippen molar-refractivity contribution in [1.82, 2.24) is 4.57 Å². The average Bonchev–Trinajstić information content (AvgIpc) is 1.75. The van der Waals surface area contributed by atoms with Crippen LogP contribution in [0, 0.1) is 0 Å². The lowest BCUT2D eigenvalue weighted by atomic mass is 9.67. The molecule has 0 amide bonds. The summed E-state index contributed by atoms with van der Waals surface area (Å²) in [5.41, 5.74) is 17.1. The van der Waals surface area contributed by atoms with E-state index < -0.39 is 5.41 Å². The second-order valence-corrected chi connectivity index (χ2v) is 20.5. The van der Waals surface area contributed by atoms with Crippen molar-refractivity contribution in [3.05, 3.63) is 344 Å². The minimum Gasteiger partial charge on any atom is -0.310 e. The van der Waals surface area contributed by atoms with Crippen LogP contribution in [0.5, 0.6) is 0 Å². The lowest BCUT2D eigenvalue weighted by Gasteiger charge is -2.35. The highest BCUT2D eigenvalue weighted by Gasteiger charge is 2.46. The smallest absolute Gasteiger partial charge is 0.0714 e. The van der Waals surface area contributed by atoms with Gasteiger partial charge in [0.15, 0.2) is 0 Å². The first kappa shape index (κ1) is 42.6. The summed E-state index contributed by atoms with van der Waals surface area (Å²) in [6, 6.07) is 103. The van der Waals surface area contributed by atoms with Crippen LogP contribution in [0.4, 0.5) is 34.1 Å². The van der Waals surface area contributed by atoms with Gasteiger partial charge in [0.25, 0.3) is 0 Å². The molecule has 0 saturated heterocycles. The van der Waals surface area contributed by atoms with E-state index in [-0.39, 0.29) is 35.4 Å². The predicted octanol–water partition coefficient (Wildman–Crippen LogP) is 20.6. The predicted molar refractivity (Wildman–Crippen MR) is 336 cm³/mol. The van der Waals surface area contributed by atoms with Gasteiger partial charge in [0.1, 0.15) is 0 Å². The summed E-state index contributed by atoms with van der Waals surface area (Å²) >= 11 is 0. The van der Waals surface area contributed by atoms with Crippen molar-refractivity contribution >= 4 is 66.7 Å². The fourth-order valence-electron chi connectivity index (χ4n) is 12.5. The summed E-state index contributed by atoms with van der Waals surface area (Å²) in [6.07, 6.45) is 0. The molecule has 0 atom stereocenters. The van der Waals surface area contributed by atoms with E-state index >= 15 is 0 Å². The Bertz CT molecular complexity index is 4750. The number of hydrogen-bond acceptors (Lipinski definition) is 2. The van der Waals surface area contributed by atoms with Crippen LogP contribution >= 0.6 is 0 Å². The molecule has 0 saturated carbocycles. The second kappa shape index (κ2) is 19.5. The molecule has 80 heavy (non-hydrogen) atoms. The molecule has 3 heteroatoms. The van der Waals surface area contributed by atoms with Gasteiger partial charge in [0.2, 0.25) is 0 Å². The van der Waals surface area contributed by atoms with E-state index in [9.17, 15) is 5.48 Å². The maximum Gasteiger partial charge on any atom is 0.0714 e. The largest absolute Gasteiger partial charge is 0.310 e.